The minimum absolute atomic E-state index is 0.420. The molecular weight excluding hydrogens is 318 g/mol. The Morgan fingerprint density at radius 1 is 1.04 bits per heavy atom. The van der Waals surface area contributed by atoms with Gasteiger partial charge in [0, 0.05) is 16.7 Å². The maximum absolute atomic E-state index is 5.42. The van der Waals surface area contributed by atoms with Crippen molar-refractivity contribution in [1.82, 2.24) is 20.3 Å². The van der Waals surface area contributed by atoms with Crippen molar-refractivity contribution in [3.8, 4) is 11.6 Å². The summed E-state index contributed by atoms with van der Waals surface area (Å²) in [5, 5.41) is 17.9. The predicted octanol–water partition coefficient (Wildman–Crippen LogP) is 3.76. The molecule has 7 heteroatoms. The Labute approximate surface area is 143 Å². The summed E-state index contributed by atoms with van der Waals surface area (Å²) in [5.74, 6) is 3.15. The van der Waals surface area contributed by atoms with E-state index in [-0.39, 0.29) is 0 Å². The van der Waals surface area contributed by atoms with E-state index in [4.69, 9.17) is 8.94 Å². The lowest BCUT2D eigenvalue weighted by molar-refractivity contribution is 0.421. The smallest absolute Gasteiger partial charge is 0.279 e. The number of nitrogens with one attached hydrogen (secondary N) is 1. The highest BCUT2D eigenvalue weighted by molar-refractivity contribution is 5.98. The van der Waals surface area contributed by atoms with E-state index in [0.717, 1.165) is 35.2 Å². The molecule has 4 aromatic rings. The van der Waals surface area contributed by atoms with E-state index < -0.39 is 0 Å². The molecule has 1 saturated carbocycles. The lowest BCUT2D eigenvalue weighted by Crippen LogP contribution is -2.03. The molecule has 0 aliphatic heterocycles. The molecule has 3 heterocycles. The molecule has 1 aliphatic carbocycles. The van der Waals surface area contributed by atoms with Gasteiger partial charge in [0.2, 0.25) is 0 Å². The van der Waals surface area contributed by atoms with E-state index >= 15 is 0 Å². The van der Waals surface area contributed by atoms with Crippen molar-refractivity contribution in [2.75, 3.05) is 5.32 Å². The van der Waals surface area contributed by atoms with Crippen LogP contribution in [0.25, 0.3) is 22.4 Å². The zero-order valence-corrected chi connectivity index (χ0v) is 13.3. The van der Waals surface area contributed by atoms with Gasteiger partial charge in [-0.2, -0.15) is 4.98 Å². The van der Waals surface area contributed by atoms with Crippen molar-refractivity contribution in [2.24, 2.45) is 0 Å². The number of hydrogen-bond acceptors (Lipinski definition) is 7. The second-order valence-corrected chi connectivity index (χ2v) is 6.11. The third kappa shape index (κ3) is 2.63. The number of hydrogen-bond donors (Lipinski definition) is 1. The van der Waals surface area contributed by atoms with Gasteiger partial charge >= 0.3 is 0 Å². The number of aromatic nitrogens is 4. The Bertz CT molecular complexity index is 1020. The van der Waals surface area contributed by atoms with Crippen LogP contribution in [0.15, 0.2) is 51.6 Å². The molecule has 0 amide bonds. The van der Waals surface area contributed by atoms with Crippen molar-refractivity contribution in [1.29, 1.82) is 0 Å². The Kier molecular flexibility index (Phi) is 3.22. The van der Waals surface area contributed by atoms with Crippen LogP contribution in [0.2, 0.25) is 0 Å². The van der Waals surface area contributed by atoms with Crippen LogP contribution < -0.4 is 5.32 Å². The highest BCUT2D eigenvalue weighted by Gasteiger charge is 2.29. The van der Waals surface area contributed by atoms with Gasteiger partial charge in [-0.25, -0.2) is 0 Å². The minimum atomic E-state index is 0.420. The topological polar surface area (TPSA) is 89.9 Å². The molecule has 0 unspecified atom stereocenters. The van der Waals surface area contributed by atoms with E-state index in [1.807, 2.05) is 36.4 Å². The quantitative estimate of drug-likeness (QED) is 0.594. The average molecular weight is 333 g/mol. The van der Waals surface area contributed by atoms with Crippen LogP contribution in [0.3, 0.4) is 0 Å². The lowest BCUT2D eigenvalue weighted by Gasteiger charge is -2.08. The standard InChI is InChI=1S/C18H15N5O2/c1-2-6-14-13(5-1)15(18-20-16(23-25-18)11-7-8-11)21-22-17(14)19-10-12-4-3-9-24-12/h1-6,9,11H,7-8,10H2,(H,19,22). The predicted molar refractivity (Wildman–Crippen MR) is 90.8 cm³/mol. The van der Waals surface area contributed by atoms with Gasteiger partial charge in [0.05, 0.1) is 12.8 Å². The van der Waals surface area contributed by atoms with Gasteiger partial charge in [0.25, 0.3) is 5.89 Å². The Morgan fingerprint density at radius 3 is 2.72 bits per heavy atom. The fourth-order valence-corrected chi connectivity index (χ4v) is 2.81. The highest BCUT2D eigenvalue weighted by Crippen LogP contribution is 2.39. The number of rotatable bonds is 5. The summed E-state index contributed by atoms with van der Waals surface area (Å²) in [7, 11) is 0. The Morgan fingerprint density at radius 2 is 1.92 bits per heavy atom. The van der Waals surface area contributed by atoms with Gasteiger partial charge in [0.15, 0.2) is 17.3 Å². The monoisotopic (exact) mass is 333 g/mol. The SMILES string of the molecule is c1coc(CNc2nnc(-c3nc(C4CC4)no3)c3ccccc23)c1. The Hall–Kier alpha value is -3.22. The maximum Gasteiger partial charge on any atom is 0.279 e. The molecule has 0 radical (unpaired) electrons. The van der Waals surface area contributed by atoms with Crippen molar-refractivity contribution < 1.29 is 8.94 Å². The summed E-state index contributed by atoms with van der Waals surface area (Å²) in [4.78, 5) is 4.49. The molecule has 1 fully saturated rings. The number of benzene rings is 1. The molecule has 124 valence electrons. The highest BCUT2D eigenvalue weighted by atomic mass is 16.5. The lowest BCUT2D eigenvalue weighted by atomic mass is 10.1. The molecule has 0 spiro atoms. The largest absolute Gasteiger partial charge is 0.467 e. The molecule has 0 bridgehead atoms. The van der Waals surface area contributed by atoms with Crippen LogP contribution in [-0.4, -0.2) is 20.3 Å². The molecule has 7 nitrogen and oxygen atoms in total. The summed E-state index contributed by atoms with van der Waals surface area (Å²) in [6, 6.07) is 11.7. The fourth-order valence-electron chi connectivity index (χ4n) is 2.81. The van der Waals surface area contributed by atoms with Gasteiger partial charge in [-0.05, 0) is 25.0 Å². The van der Waals surface area contributed by atoms with Crippen LogP contribution in [0, 0.1) is 0 Å². The second-order valence-electron chi connectivity index (χ2n) is 6.11. The zero-order valence-electron chi connectivity index (χ0n) is 13.3. The van der Waals surface area contributed by atoms with Crippen LogP contribution in [0.5, 0.6) is 0 Å². The number of furan rings is 1. The number of anilines is 1. The molecule has 3 aromatic heterocycles. The summed E-state index contributed by atoms with van der Waals surface area (Å²) >= 11 is 0. The van der Waals surface area contributed by atoms with Crippen molar-refractivity contribution in [3.63, 3.8) is 0 Å². The van der Waals surface area contributed by atoms with Crippen LogP contribution >= 0.6 is 0 Å². The number of fused-ring (bicyclic) bond motifs is 1. The summed E-state index contributed by atoms with van der Waals surface area (Å²) in [5.41, 5.74) is 0.610. The van der Waals surface area contributed by atoms with E-state index in [1.54, 1.807) is 6.26 Å². The van der Waals surface area contributed by atoms with Crippen molar-refractivity contribution >= 4 is 16.6 Å². The fraction of sp³-hybridized carbons (Fsp3) is 0.222. The van der Waals surface area contributed by atoms with Crippen molar-refractivity contribution in [2.45, 2.75) is 25.3 Å². The van der Waals surface area contributed by atoms with Gasteiger partial charge in [0.1, 0.15) is 5.76 Å². The van der Waals surface area contributed by atoms with E-state index in [1.165, 1.54) is 0 Å². The second kappa shape index (κ2) is 5.70. The minimum Gasteiger partial charge on any atom is -0.467 e. The van der Waals surface area contributed by atoms with Gasteiger partial charge < -0.3 is 14.3 Å². The first-order valence-corrected chi connectivity index (χ1v) is 8.24. The summed E-state index contributed by atoms with van der Waals surface area (Å²) in [6.45, 7) is 0.539. The Balaban J connectivity index is 1.53. The van der Waals surface area contributed by atoms with Crippen LogP contribution in [0.4, 0.5) is 5.82 Å². The van der Waals surface area contributed by atoms with E-state index in [9.17, 15) is 0 Å². The first-order valence-electron chi connectivity index (χ1n) is 8.24. The van der Waals surface area contributed by atoms with Crippen LogP contribution in [0.1, 0.15) is 30.3 Å². The summed E-state index contributed by atoms with van der Waals surface area (Å²) < 4.78 is 10.8. The zero-order chi connectivity index (χ0) is 16.6. The molecule has 1 aromatic carbocycles. The molecular formula is C18H15N5O2. The summed E-state index contributed by atoms with van der Waals surface area (Å²) in [6.07, 6.45) is 3.90. The van der Waals surface area contributed by atoms with Crippen LogP contribution in [-0.2, 0) is 6.54 Å². The third-order valence-electron chi connectivity index (χ3n) is 4.28. The average Bonchev–Trinajstić information content (AvgIpc) is 3.17. The molecule has 0 saturated heterocycles. The van der Waals surface area contributed by atoms with E-state index in [2.05, 4.69) is 25.7 Å². The van der Waals surface area contributed by atoms with Crippen molar-refractivity contribution in [3.05, 3.63) is 54.2 Å². The molecule has 0 atom stereocenters. The van der Waals surface area contributed by atoms with Gasteiger partial charge in [-0.1, -0.05) is 29.4 Å². The molecule has 1 aliphatic rings. The molecule has 25 heavy (non-hydrogen) atoms. The molecule has 5 rings (SSSR count). The first-order chi connectivity index (χ1) is 12.4. The third-order valence-corrected chi connectivity index (χ3v) is 4.28. The number of nitrogens with zero attached hydrogens (tertiary/aromatic N) is 4. The van der Waals surface area contributed by atoms with E-state index in [0.29, 0.717) is 29.9 Å². The van der Waals surface area contributed by atoms with Gasteiger partial charge in [-0.15, -0.1) is 10.2 Å². The molecule has 1 N–H and O–H groups in total. The normalized spacial score (nSPS) is 14.1. The van der Waals surface area contributed by atoms with Gasteiger partial charge in [-0.3, -0.25) is 0 Å². The first kappa shape index (κ1) is 14.2. The maximum atomic E-state index is 5.42.